The number of sulfone groups is 1. The molecule has 0 aliphatic heterocycles. The highest BCUT2D eigenvalue weighted by molar-refractivity contribution is 7.90. The monoisotopic (exact) mass is 352 g/mol. The lowest BCUT2D eigenvalue weighted by Crippen LogP contribution is -2.15. The van der Waals surface area contributed by atoms with Crippen LogP contribution in [0.5, 0.6) is 0 Å². The highest BCUT2D eigenvalue weighted by atomic mass is 32.2. The quantitative estimate of drug-likeness (QED) is 0.656. The maximum Gasteiger partial charge on any atom is 0.342 e. The Bertz CT molecular complexity index is 1040. The van der Waals surface area contributed by atoms with Crippen molar-refractivity contribution in [2.75, 3.05) is 12.9 Å². The molecule has 3 aromatic rings. The summed E-state index contributed by atoms with van der Waals surface area (Å²) in [5.41, 5.74) is -0.169. The van der Waals surface area contributed by atoms with E-state index in [1.165, 1.54) is 22.9 Å². The summed E-state index contributed by atoms with van der Waals surface area (Å²) in [5, 5.41) is 3.65. The number of ether oxygens (including phenoxy) is 1. The van der Waals surface area contributed by atoms with Crippen LogP contribution in [0.1, 0.15) is 17.3 Å². The van der Waals surface area contributed by atoms with Crippen LogP contribution in [0.4, 0.5) is 4.39 Å². The molecule has 0 atom stereocenters. The van der Waals surface area contributed by atoms with Crippen molar-refractivity contribution in [1.82, 2.24) is 19.2 Å². The molecule has 0 aliphatic rings. The molecule has 0 N–H and O–H groups in total. The second kappa shape index (κ2) is 5.71. The second-order valence-electron chi connectivity index (χ2n) is 4.93. The highest BCUT2D eigenvalue weighted by Crippen LogP contribution is 2.22. The average Bonchev–Trinajstić information content (AvgIpc) is 3.14. The predicted molar refractivity (Wildman–Crippen MR) is 81.3 cm³/mol. The molecule has 0 saturated carbocycles. The van der Waals surface area contributed by atoms with Crippen LogP contribution >= 0.6 is 0 Å². The lowest BCUT2D eigenvalue weighted by molar-refractivity contribution is 0.0521. The van der Waals surface area contributed by atoms with Gasteiger partial charge in [-0.3, -0.25) is 4.40 Å². The van der Waals surface area contributed by atoms with Gasteiger partial charge >= 0.3 is 5.97 Å². The van der Waals surface area contributed by atoms with E-state index in [0.29, 0.717) is 0 Å². The molecule has 0 aliphatic carbocycles. The van der Waals surface area contributed by atoms with E-state index in [4.69, 9.17) is 4.74 Å². The van der Waals surface area contributed by atoms with Gasteiger partial charge in [0.1, 0.15) is 11.4 Å². The van der Waals surface area contributed by atoms with Crippen molar-refractivity contribution in [2.45, 2.75) is 11.9 Å². The summed E-state index contributed by atoms with van der Waals surface area (Å²) in [6.07, 6.45) is 4.90. The Kier molecular flexibility index (Phi) is 3.84. The van der Waals surface area contributed by atoms with Crippen LogP contribution in [-0.2, 0) is 14.6 Å². The number of halogens is 1. The second-order valence-corrected chi connectivity index (χ2v) is 6.86. The van der Waals surface area contributed by atoms with E-state index in [2.05, 4.69) is 10.1 Å². The van der Waals surface area contributed by atoms with Gasteiger partial charge in [0, 0.05) is 18.6 Å². The maximum atomic E-state index is 13.8. The zero-order chi connectivity index (χ0) is 17.5. The minimum atomic E-state index is -3.82. The summed E-state index contributed by atoms with van der Waals surface area (Å²) in [5.74, 6) is -1.14. The van der Waals surface area contributed by atoms with Gasteiger partial charge in [-0.25, -0.2) is 27.3 Å². The summed E-state index contributed by atoms with van der Waals surface area (Å²) in [7, 11) is -3.82. The SMILES string of the molecule is CCOC(=O)c1cnn(-c2ccc(F)c3nccn23)c1S(C)(=O)=O. The van der Waals surface area contributed by atoms with Gasteiger partial charge in [0.2, 0.25) is 0 Å². The van der Waals surface area contributed by atoms with Gasteiger partial charge in [0.15, 0.2) is 26.3 Å². The first-order valence-electron chi connectivity index (χ1n) is 6.91. The van der Waals surface area contributed by atoms with Gasteiger partial charge in [-0.2, -0.15) is 5.10 Å². The minimum Gasteiger partial charge on any atom is -0.462 e. The number of hydrogen-bond acceptors (Lipinski definition) is 6. The van der Waals surface area contributed by atoms with E-state index in [1.54, 1.807) is 6.92 Å². The fourth-order valence-electron chi connectivity index (χ4n) is 2.35. The molecule has 8 nitrogen and oxygen atoms in total. The van der Waals surface area contributed by atoms with Crippen LogP contribution in [0.25, 0.3) is 11.5 Å². The number of carbonyl (C=O) groups is 1. The molecule has 0 spiro atoms. The number of nitrogens with zero attached hydrogens (tertiary/aromatic N) is 4. The normalized spacial score (nSPS) is 11.8. The standard InChI is InChI=1S/C14H13FN4O4S/c1-3-23-14(20)9-8-17-19(13(9)24(2,21)22)11-5-4-10(15)12-16-6-7-18(11)12/h4-8H,3H2,1-2H3. The Morgan fingerprint density at radius 3 is 2.79 bits per heavy atom. The van der Waals surface area contributed by atoms with Crippen molar-refractivity contribution in [1.29, 1.82) is 0 Å². The molecule has 3 rings (SSSR count). The minimum absolute atomic E-state index is 0.0140. The zero-order valence-corrected chi connectivity index (χ0v) is 13.6. The Labute approximate surface area is 136 Å². The average molecular weight is 352 g/mol. The largest absolute Gasteiger partial charge is 0.462 e. The molecule has 24 heavy (non-hydrogen) atoms. The molecule has 0 saturated heterocycles. The Morgan fingerprint density at radius 1 is 1.38 bits per heavy atom. The van der Waals surface area contributed by atoms with Gasteiger partial charge in [0.05, 0.1) is 12.8 Å². The van der Waals surface area contributed by atoms with E-state index < -0.39 is 21.6 Å². The van der Waals surface area contributed by atoms with Gasteiger partial charge in [0.25, 0.3) is 0 Å². The molecular weight excluding hydrogens is 339 g/mol. The van der Waals surface area contributed by atoms with E-state index >= 15 is 0 Å². The number of carbonyl (C=O) groups excluding carboxylic acids is 1. The Balaban J connectivity index is 2.30. The lowest BCUT2D eigenvalue weighted by atomic mass is 10.3. The van der Waals surface area contributed by atoms with E-state index in [-0.39, 0.29) is 28.7 Å². The molecule has 3 heterocycles. The number of esters is 1. The highest BCUT2D eigenvalue weighted by Gasteiger charge is 2.28. The molecule has 3 aromatic heterocycles. The van der Waals surface area contributed by atoms with Gasteiger partial charge in [-0.05, 0) is 19.1 Å². The van der Waals surface area contributed by atoms with Crippen molar-refractivity contribution in [3.05, 3.63) is 42.1 Å². The van der Waals surface area contributed by atoms with Crippen LogP contribution in [0.15, 0.2) is 35.7 Å². The molecule has 126 valence electrons. The summed E-state index contributed by atoms with van der Waals surface area (Å²) in [6.45, 7) is 1.70. The van der Waals surface area contributed by atoms with E-state index in [1.807, 2.05) is 0 Å². The molecule has 0 fully saturated rings. The van der Waals surface area contributed by atoms with Crippen LogP contribution in [0.3, 0.4) is 0 Å². The van der Waals surface area contributed by atoms with Crippen molar-refractivity contribution in [2.24, 2.45) is 0 Å². The van der Waals surface area contributed by atoms with Gasteiger partial charge in [-0.15, -0.1) is 0 Å². The third-order valence-electron chi connectivity index (χ3n) is 3.27. The summed E-state index contributed by atoms with van der Waals surface area (Å²) in [4.78, 5) is 15.9. The van der Waals surface area contributed by atoms with Crippen LogP contribution in [0, 0.1) is 5.82 Å². The third-order valence-corrected chi connectivity index (χ3v) is 4.36. The van der Waals surface area contributed by atoms with Crippen LogP contribution in [0.2, 0.25) is 0 Å². The van der Waals surface area contributed by atoms with E-state index in [9.17, 15) is 17.6 Å². The Morgan fingerprint density at radius 2 is 2.12 bits per heavy atom. The first kappa shape index (κ1) is 16.1. The number of rotatable bonds is 4. The molecule has 0 radical (unpaired) electrons. The fraction of sp³-hybridized carbons (Fsp3) is 0.214. The molecule has 10 heteroatoms. The van der Waals surface area contributed by atoms with Gasteiger partial charge in [-0.1, -0.05) is 0 Å². The molecule has 0 unspecified atom stereocenters. The number of pyridine rings is 1. The van der Waals surface area contributed by atoms with Crippen molar-refractivity contribution >= 4 is 21.5 Å². The third kappa shape index (κ3) is 2.54. The van der Waals surface area contributed by atoms with E-state index in [0.717, 1.165) is 23.2 Å². The van der Waals surface area contributed by atoms with Crippen LogP contribution in [-0.4, -0.2) is 46.4 Å². The number of aromatic nitrogens is 4. The van der Waals surface area contributed by atoms with Crippen molar-refractivity contribution < 1.29 is 22.3 Å². The predicted octanol–water partition coefficient (Wildman–Crippen LogP) is 1.24. The van der Waals surface area contributed by atoms with Crippen molar-refractivity contribution in [3.8, 4) is 5.82 Å². The number of hydrogen-bond donors (Lipinski definition) is 0. The van der Waals surface area contributed by atoms with Crippen LogP contribution < -0.4 is 0 Å². The first-order valence-corrected chi connectivity index (χ1v) is 8.81. The zero-order valence-electron chi connectivity index (χ0n) is 12.8. The topological polar surface area (TPSA) is 95.6 Å². The lowest BCUT2D eigenvalue weighted by Gasteiger charge is -2.10. The number of fused-ring (bicyclic) bond motifs is 1. The Hall–Kier alpha value is -2.75. The molecule has 0 amide bonds. The summed E-state index contributed by atoms with van der Waals surface area (Å²) < 4.78 is 45.4. The molecule has 0 aromatic carbocycles. The molecule has 0 bridgehead atoms. The van der Waals surface area contributed by atoms with Gasteiger partial charge < -0.3 is 4.74 Å². The maximum absolute atomic E-state index is 13.8. The first-order chi connectivity index (χ1) is 11.3. The smallest absolute Gasteiger partial charge is 0.342 e. The summed E-state index contributed by atoms with van der Waals surface area (Å²) >= 11 is 0. The number of imidazole rings is 1. The fourth-order valence-corrected chi connectivity index (χ4v) is 3.34. The van der Waals surface area contributed by atoms with Crippen molar-refractivity contribution in [3.63, 3.8) is 0 Å². The molecular formula is C14H13FN4O4S. The summed E-state index contributed by atoms with van der Waals surface area (Å²) in [6, 6.07) is 2.50.